The minimum atomic E-state index is -0.648. The molecule has 6 nitrogen and oxygen atoms in total. The molecule has 0 saturated carbocycles. The van der Waals surface area contributed by atoms with Gasteiger partial charge in [0.2, 0.25) is 0 Å². The molecule has 3 N–H and O–H groups in total. The highest BCUT2D eigenvalue weighted by Gasteiger charge is 2.38. The number of aliphatic hydroxyl groups is 1. The molecular weight excluding hydrogens is 464 g/mol. The van der Waals surface area contributed by atoms with E-state index in [9.17, 15) is 5.11 Å². The molecular formula is C31H48N2O4. The second kappa shape index (κ2) is 16.9. The molecule has 2 saturated heterocycles. The van der Waals surface area contributed by atoms with E-state index in [1.807, 2.05) is 36.4 Å². The van der Waals surface area contributed by atoms with Gasteiger partial charge in [0.05, 0.1) is 12.2 Å². The van der Waals surface area contributed by atoms with Crippen LogP contribution in [0.2, 0.25) is 0 Å². The van der Waals surface area contributed by atoms with Crippen LogP contribution in [0.15, 0.2) is 60.7 Å². The van der Waals surface area contributed by atoms with Crippen molar-refractivity contribution >= 4 is 0 Å². The lowest BCUT2D eigenvalue weighted by molar-refractivity contribution is -0.0885. The number of piperidine rings is 1. The summed E-state index contributed by atoms with van der Waals surface area (Å²) in [5.41, 5.74) is 1.62. The number of hydrogen-bond acceptors (Lipinski definition) is 6. The lowest BCUT2D eigenvalue weighted by atomic mass is 9.74. The van der Waals surface area contributed by atoms with E-state index in [4.69, 9.17) is 14.2 Å². The molecule has 2 aromatic carbocycles. The zero-order valence-corrected chi connectivity index (χ0v) is 22.9. The third-order valence-corrected chi connectivity index (χ3v) is 7.37. The van der Waals surface area contributed by atoms with E-state index in [0.717, 1.165) is 77.1 Å². The van der Waals surface area contributed by atoms with Crippen molar-refractivity contribution in [1.29, 1.82) is 0 Å². The van der Waals surface area contributed by atoms with Crippen LogP contribution >= 0.6 is 0 Å². The molecule has 2 aromatic rings. The zero-order valence-electron chi connectivity index (χ0n) is 22.9. The first-order chi connectivity index (χ1) is 18.2. The van der Waals surface area contributed by atoms with Crippen molar-refractivity contribution in [3.05, 3.63) is 71.8 Å². The zero-order chi connectivity index (χ0) is 26.2. The molecule has 0 spiro atoms. The number of morpholine rings is 1. The van der Waals surface area contributed by atoms with Gasteiger partial charge in [-0.15, -0.1) is 0 Å². The molecule has 4 atom stereocenters. The van der Waals surface area contributed by atoms with Crippen LogP contribution in [0.25, 0.3) is 0 Å². The standard InChI is InChI=1S/C16H25NO.C15H23NO3/c1-2-3-11-16(18,14-8-5-4-6-9-14)15-10-7-12-17-13-15;1-17-9-5-10-19-15(13-6-3-2-4-7-13)14-12-16-8-11-18-14/h4-6,8-9,15,17-18H,2-3,7,10-13H2,1H3;2-4,6-7,14-16H,5,8-12H2,1H3. The summed E-state index contributed by atoms with van der Waals surface area (Å²) in [6.07, 6.45) is 6.37. The van der Waals surface area contributed by atoms with Gasteiger partial charge >= 0.3 is 0 Å². The van der Waals surface area contributed by atoms with Crippen LogP contribution < -0.4 is 10.6 Å². The van der Waals surface area contributed by atoms with Crippen LogP contribution in [0.1, 0.15) is 62.7 Å². The second-order valence-electron chi connectivity index (χ2n) is 10.1. The summed E-state index contributed by atoms with van der Waals surface area (Å²) in [6, 6.07) is 20.5. The Bertz CT molecular complexity index is 826. The Morgan fingerprint density at radius 3 is 2.32 bits per heavy atom. The van der Waals surface area contributed by atoms with Crippen molar-refractivity contribution in [3.63, 3.8) is 0 Å². The maximum Gasteiger partial charge on any atom is 0.110 e. The predicted octanol–water partition coefficient (Wildman–Crippen LogP) is 4.83. The van der Waals surface area contributed by atoms with Crippen LogP contribution in [0.3, 0.4) is 0 Å². The molecule has 2 aliphatic rings. The van der Waals surface area contributed by atoms with Crippen LogP contribution in [-0.2, 0) is 19.8 Å². The monoisotopic (exact) mass is 512 g/mol. The summed E-state index contributed by atoms with van der Waals surface area (Å²) in [4.78, 5) is 0. The van der Waals surface area contributed by atoms with E-state index in [0.29, 0.717) is 12.5 Å². The van der Waals surface area contributed by atoms with Crippen molar-refractivity contribution in [2.75, 3.05) is 53.1 Å². The summed E-state index contributed by atoms with van der Waals surface area (Å²) < 4.78 is 16.9. The summed E-state index contributed by atoms with van der Waals surface area (Å²) in [5.74, 6) is 0.347. The number of nitrogens with one attached hydrogen (secondary N) is 2. The van der Waals surface area contributed by atoms with Crippen molar-refractivity contribution in [3.8, 4) is 0 Å². The topological polar surface area (TPSA) is 72.0 Å². The highest BCUT2D eigenvalue weighted by molar-refractivity contribution is 5.24. The lowest BCUT2D eigenvalue weighted by Crippen LogP contribution is -2.44. The highest BCUT2D eigenvalue weighted by Crippen LogP contribution is 2.38. The van der Waals surface area contributed by atoms with E-state index in [1.54, 1.807) is 7.11 Å². The molecule has 6 heteroatoms. The van der Waals surface area contributed by atoms with Gasteiger partial charge in [-0.2, -0.15) is 0 Å². The first-order valence-electron chi connectivity index (χ1n) is 14.2. The maximum absolute atomic E-state index is 11.2. The van der Waals surface area contributed by atoms with Gasteiger partial charge in [0.15, 0.2) is 0 Å². The van der Waals surface area contributed by atoms with Crippen molar-refractivity contribution in [1.82, 2.24) is 10.6 Å². The SMILES string of the molecule is CCCCC(O)(c1ccccc1)C1CCCNC1.COCCCOC(c1ccccc1)C1CNCCO1. The number of methoxy groups -OCH3 is 1. The quantitative estimate of drug-likeness (QED) is 0.354. The van der Waals surface area contributed by atoms with Crippen molar-refractivity contribution in [2.45, 2.75) is 63.3 Å². The first-order valence-corrected chi connectivity index (χ1v) is 14.2. The number of ether oxygens (including phenoxy) is 3. The predicted molar refractivity (Wildman–Crippen MR) is 150 cm³/mol. The van der Waals surface area contributed by atoms with Gasteiger partial charge in [-0.3, -0.25) is 0 Å². The van der Waals surface area contributed by atoms with Gasteiger partial charge < -0.3 is 30.0 Å². The van der Waals surface area contributed by atoms with Crippen LogP contribution in [0.5, 0.6) is 0 Å². The lowest BCUT2D eigenvalue weighted by Gasteiger charge is -2.39. The smallest absolute Gasteiger partial charge is 0.110 e. The van der Waals surface area contributed by atoms with Gasteiger partial charge in [-0.05, 0) is 43.4 Å². The Balaban J connectivity index is 0.000000206. The van der Waals surface area contributed by atoms with Gasteiger partial charge in [0.25, 0.3) is 0 Å². The fourth-order valence-electron chi connectivity index (χ4n) is 5.27. The second-order valence-corrected chi connectivity index (χ2v) is 10.1. The average molecular weight is 513 g/mol. The van der Waals surface area contributed by atoms with Gasteiger partial charge in [-0.1, -0.05) is 80.4 Å². The number of rotatable bonds is 12. The molecule has 0 amide bonds. The fraction of sp³-hybridized carbons (Fsp3) is 0.613. The van der Waals surface area contributed by atoms with E-state index < -0.39 is 5.60 Å². The molecule has 0 bridgehead atoms. The molecule has 2 fully saturated rings. The Morgan fingerprint density at radius 2 is 1.70 bits per heavy atom. The highest BCUT2D eigenvalue weighted by atomic mass is 16.5. The minimum absolute atomic E-state index is 0.00847. The van der Waals surface area contributed by atoms with Crippen molar-refractivity contribution in [2.24, 2.45) is 5.92 Å². The maximum atomic E-state index is 11.2. The van der Waals surface area contributed by atoms with Gasteiger partial charge in [-0.25, -0.2) is 0 Å². The first kappa shape index (κ1) is 29.8. The van der Waals surface area contributed by atoms with Gasteiger partial charge in [0, 0.05) is 45.9 Å². The Kier molecular flexibility index (Phi) is 13.6. The van der Waals surface area contributed by atoms with E-state index in [2.05, 4.69) is 41.8 Å². The Labute approximate surface area is 224 Å². The summed E-state index contributed by atoms with van der Waals surface area (Å²) >= 11 is 0. The Hall–Kier alpha value is -1.80. The summed E-state index contributed by atoms with van der Waals surface area (Å²) in [6.45, 7) is 8.13. The molecule has 2 heterocycles. The van der Waals surface area contributed by atoms with Crippen LogP contribution in [-0.4, -0.2) is 64.3 Å². The number of hydrogen-bond donors (Lipinski definition) is 3. The molecule has 0 aliphatic carbocycles. The average Bonchev–Trinajstić information content (AvgIpc) is 2.98. The molecule has 2 aliphatic heterocycles. The van der Waals surface area contributed by atoms with Gasteiger partial charge in [0.1, 0.15) is 12.2 Å². The summed E-state index contributed by atoms with van der Waals surface area (Å²) in [5, 5.41) is 18.0. The third-order valence-electron chi connectivity index (χ3n) is 7.37. The van der Waals surface area contributed by atoms with E-state index >= 15 is 0 Å². The summed E-state index contributed by atoms with van der Waals surface area (Å²) in [7, 11) is 1.71. The molecule has 0 aromatic heterocycles. The third kappa shape index (κ3) is 9.47. The van der Waals surface area contributed by atoms with Crippen molar-refractivity contribution < 1.29 is 19.3 Å². The van der Waals surface area contributed by atoms with Crippen LogP contribution in [0, 0.1) is 5.92 Å². The molecule has 0 radical (unpaired) electrons. The minimum Gasteiger partial charge on any atom is -0.385 e. The molecule has 206 valence electrons. The molecule has 4 rings (SSSR count). The number of benzene rings is 2. The number of unbranched alkanes of at least 4 members (excludes halogenated alkanes) is 1. The molecule has 4 unspecified atom stereocenters. The largest absolute Gasteiger partial charge is 0.385 e. The Morgan fingerprint density at radius 1 is 0.973 bits per heavy atom. The van der Waals surface area contributed by atoms with E-state index in [-0.39, 0.29) is 12.2 Å². The fourth-order valence-corrected chi connectivity index (χ4v) is 5.27. The normalized spacial score (nSPS) is 22.4. The van der Waals surface area contributed by atoms with E-state index in [1.165, 1.54) is 12.0 Å². The van der Waals surface area contributed by atoms with Crippen LogP contribution in [0.4, 0.5) is 0 Å². The molecule has 37 heavy (non-hydrogen) atoms.